The molecule has 1 aromatic heterocycles. The lowest BCUT2D eigenvalue weighted by Crippen LogP contribution is -2.54. The molecule has 1 aliphatic carbocycles. The molecule has 1 amide bonds. The fraction of sp³-hybridized carbons (Fsp3) is 0.500. The maximum atomic E-state index is 12.8. The summed E-state index contributed by atoms with van der Waals surface area (Å²) < 4.78 is 0. The predicted molar refractivity (Wildman–Crippen MR) is 108 cm³/mol. The molecule has 2 aliphatic rings. The van der Waals surface area contributed by atoms with E-state index in [1.807, 2.05) is 48.2 Å². The van der Waals surface area contributed by atoms with E-state index in [0.717, 1.165) is 48.4 Å². The summed E-state index contributed by atoms with van der Waals surface area (Å²) in [6.45, 7) is 6.18. The van der Waals surface area contributed by atoms with Crippen molar-refractivity contribution in [3.05, 3.63) is 53.2 Å². The van der Waals surface area contributed by atoms with Gasteiger partial charge in [-0.25, -0.2) is 0 Å². The highest BCUT2D eigenvalue weighted by atomic mass is 16.3. The van der Waals surface area contributed by atoms with Crippen LogP contribution in [0.4, 0.5) is 5.82 Å². The molecule has 1 N–H and O–H groups in total. The molecule has 1 atom stereocenters. The highest BCUT2D eigenvalue weighted by molar-refractivity contribution is 5.79. The van der Waals surface area contributed by atoms with Crippen LogP contribution >= 0.6 is 0 Å². The van der Waals surface area contributed by atoms with Crippen LogP contribution in [0.25, 0.3) is 0 Å². The Labute approximate surface area is 166 Å². The molecule has 4 rings (SSSR count). The summed E-state index contributed by atoms with van der Waals surface area (Å²) in [4.78, 5) is 16.9. The first-order chi connectivity index (χ1) is 13.4. The van der Waals surface area contributed by atoms with E-state index in [9.17, 15) is 9.90 Å². The smallest absolute Gasteiger partial charge is 0.227 e. The molecule has 1 aromatic carbocycles. The summed E-state index contributed by atoms with van der Waals surface area (Å²) in [7, 11) is 0. The first-order valence-corrected chi connectivity index (χ1v) is 10.1. The van der Waals surface area contributed by atoms with Crippen LogP contribution in [-0.2, 0) is 16.8 Å². The van der Waals surface area contributed by atoms with E-state index >= 15 is 0 Å². The van der Waals surface area contributed by atoms with Crippen LogP contribution in [0.3, 0.4) is 0 Å². The van der Waals surface area contributed by atoms with Gasteiger partial charge in [0.05, 0.1) is 17.7 Å². The number of aryl methyl sites for hydroxylation is 1. The van der Waals surface area contributed by atoms with E-state index in [0.29, 0.717) is 19.5 Å². The normalized spacial score (nSPS) is 21.3. The zero-order chi connectivity index (χ0) is 19.7. The van der Waals surface area contributed by atoms with Crippen molar-refractivity contribution in [3.63, 3.8) is 0 Å². The van der Waals surface area contributed by atoms with Crippen molar-refractivity contribution in [2.45, 2.75) is 51.2 Å². The van der Waals surface area contributed by atoms with E-state index in [4.69, 9.17) is 0 Å². The van der Waals surface area contributed by atoms with Gasteiger partial charge in [0.1, 0.15) is 0 Å². The molecule has 6 nitrogen and oxygen atoms in total. The molecule has 0 spiro atoms. The minimum Gasteiger partial charge on any atom is -0.385 e. The molecule has 0 radical (unpaired) electrons. The summed E-state index contributed by atoms with van der Waals surface area (Å²) in [6, 6.07) is 12.1. The molecular weight excluding hydrogens is 352 g/mol. The number of amides is 1. The Bertz CT molecular complexity index is 831. The number of anilines is 1. The van der Waals surface area contributed by atoms with Gasteiger partial charge in [0.25, 0.3) is 0 Å². The zero-order valence-corrected chi connectivity index (χ0v) is 16.6. The van der Waals surface area contributed by atoms with Crippen molar-refractivity contribution in [2.24, 2.45) is 0 Å². The fourth-order valence-corrected chi connectivity index (χ4v) is 4.09. The molecule has 2 heterocycles. The van der Waals surface area contributed by atoms with Gasteiger partial charge in [0.2, 0.25) is 5.91 Å². The van der Waals surface area contributed by atoms with Crippen LogP contribution < -0.4 is 4.90 Å². The molecule has 0 unspecified atom stereocenters. The van der Waals surface area contributed by atoms with E-state index in [1.54, 1.807) is 0 Å². The molecule has 1 saturated carbocycles. The molecule has 0 bridgehead atoms. The van der Waals surface area contributed by atoms with Gasteiger partial charge in [-0.2, -0.15) is 5.10 Å². The number of rotatable bonds is 4. The molecule has 2 fully saturated rings. The number of hydrogen-bond acceptors (Lipinski definition) is 5. The molecule has 148 valence electrons. The summed E-state index contributed by atoms with van der Waals surface area (Å²) in [5.41, 5.74) is 2.22. The Kier molecular flexibility index (Phi) is 5.06. The Morgan fingerprint density at radius 2 is 1.89 bits per heavy atom. The Morgan fingerprint density at radius 1 is 1.14 bits per heavy atom. The Morgan fingerprint density at radius 3 is 2.46 bits per heavy atom. The van der Waals surface area contributed by atoms with Gasteiger partial charge in [-0.15, -0.1) is 5.10 Å². The van der Waals surface area contributed by atoms with Gasteiger partial charge in [-0.3, -0.25) is 4.79 Å². The fourth-order valence-electron chi connectivity index (χ4n) is 4.09. The van der Waals surface area contributed by atoms with E-state index in [-0.39, 0.29) is 11.9 Å². The van der Waals surface area contributed by atoms with Crippen LogP contribution in [0, 0.1) is 6.92 Å². The molecule has 6 heteroatoms. The van der Waals surface area contributed by atoms with Crippen molar-refractivity contribution < 1.29 is 9.90 Å². The summed E-state index contributed by atoms with van der Waals surface area (Å²) in [5, 5.41) is 18.9. The maximum absolute atomic E-state index is 12.8. The molecule has 28 heavy (non-hydrogen) atoms. The number of aromatic nitrogens is 2. The summed E-state index contributed by atoms with van der Waals surface area (Å²) in [5.74, 6) is 1.02. The SMILES string of the molecule is Cc1ccc(N2CCN(C(=O)Cc3ccc(C4(O)CCC4)cc3)C[C@@H]2C)nn1. The maximum Gasteiger partial charge on any atom is 0.227 e. The van der Waals surface area contributed by atoms with Gasteiger partial charge >= 0.3 is 0 Å². The number of hydrogen-bond donors (Lipinski definition) is 1. The third-order valence-electron chi connectivity index (χ3n) is 6.09. The van der Waals surface area contributed by atoms with Crippen LogP contribution in [0.2, 0.25) is 0 Å². The van der Waals surface area contributed by atoms with Crippen LogP contribution in [0.15, 0.2) is 36.4 Å². The first kappa shape index (κ1) is 18.9. The number of benzene rings is 1. The number of aliphatic hydroxyl groups is 1. The molecular formula is C22H28N4O2. The highest BCUT2D eigenvalue weighted by Gasteiger charge is 2.36. The molecule has 1 aliphatic heterocycles. The minimum atomic E-state index is -0.646. The standard InChI is InChI=1S/C22H28N4O2/c1-16-4-9-20(24-23-16)26-13-12-25(15-17(26)2)21(27)14-18-5-7-19(8-6-18)22(28)10-3-11-22/h4-9,17,28H,3,10-15H2,1-2H3/t17-/m0/s1. The van der Waals surface area contributed by atoms with Gasteiger partial charge in [0, 0.05) is 25.7 Å². The lowest BCUT2D eigenvalue weighted by atomic mass is 9.75. The van der Waals surface area contributed by atoms with Crippen molar-refractivity contribution in [3.8, 4) is 0 Å². The van der Waals surface area contributed by atoms with Gasteiger partial charge in [-0.1, -0.05) is 24.3 Å². The summed E-state index contributed by atoms with van der Waals surface area (Å²) >= 11 is 0. The Hall–Kier alpha value is -2.47. The Balaban J connectivity index is 1.35. The number of piperazine rings is 1. The quantitative estimate of drug-likeness (QED) is 0.882. The second-order valence-electron chi connectivity index (χ2n) is 8.17. The van der Waals surface area contributed by atoms with Crippen molar-refractivity contribution in [1.82, 2.24) is 15.1 Å². The van der Waals surface area contributed by atoms with E-state index in [1.165, 1.54) is 0 Å². The highest BCUT2D eigenvalue weighted by Crippen LogP contribution is 2.40. The van der Waals surface area contributed by atoms with Crippen LogP contribution in [0.1, 0.15) is 43.0 Å². The molecule has 1 saturated heterocycles. The monoisotopic (exact) mass is 380 g/mol. The third kappa shape index (κ3) is 3.74. The van der Waals surface area contributed by atoms with Crippen molar-refractivity contribution in [2.75, 3.05) is 24.5 Å². The van der Waals surface area contributed by atoms with Gasteiger partial charge in [-0.05, 0) is 56.4 Å². The third-order valence-corrected chi connectivity index (χ3v) is 6.09. The van der Waals surface area contributed by atoms with E-state index in [2.05, 4.69) is 22.0 Å². The first-order valence-electron chi connectivity index (χ1n) is 10.1. The number of carbonyl (C=O) groups excluding carboxylic acids is 1. The minimum absolute atomic E-state index is 0.150. The predicted octanol–water partition coefficient (Wildman–Crippen LogP) is 2.44. The van der Waals surface area contributed by atoms with Crippen molar-refractivity contribution in [1.29, 1.82) is 0 Å². The average molecular weight is 380 g/mol. The lowest BCUT2D eigenvalue weighted by Gasteiger charge is -2.40. The van der Waals surface area contributed by atoms with E-state index < -0.39 is 5.60 Å². The topological polar surface area (TPSA) is 69.6 Å². The van der Waals surface area contributed by atoms with Gasteiger partial charge < -0.3 is 14.9 Å². The summed E-state index contributed by atoms with van der Waals surface area (Å²) in [6.07, 6.45) is 3.14. The largest absolute Gasteiger partial charge is 0.385 e. The number of carbonyl (C=O) groups is 1. The second-order valence-corrected chi connectivity index (χ2v) is 8.17. The lowest BCUT2D eigenvalue weighted by molar-refractivity contribution is -0.131. The molecule has 2 aromatic rings. The van der Waals surface area contributed by atoms with Crippen molar-refractivity contribution >= 4 is 11.7 Å². The zero-order valence-electron chi connectivity index (χ0n) is 16.6. The number of nitrogens with zero attached hydrogens (tertiary/aromatic N) is 4. The van der Waals surface area contributed by atoms with Crippen LogP contribution in [0.5, 0.6) is 0 Å². The average Bonchev–Trinajstić information content (AvgIpc) is 2.67. The van der Waals surface area contributed by atoms with Gasteiger partial charge in [0.15, 0.2) is 5.82 Å². The second kappa shape index (κ2) is 7.51. The van der Waals surface area contributed by atoms with Crippen LogP contribution in [-0.4, -0.2) is 51.8 Å².